The van der Waals surface area contributed by atoms with Crippen LogP contribution in [0.25, 0.3) is 0 Å². The molecule has 16 heavy (non-hydrogen) atoms. The van der Waals surface area contributed by atoms with E-state index in [2.05, 4.69) is 10.2 Å². The third-order valence-electron chi connectivity index (χ3n) is 1.91. The van der Waals surface area contributed by atoms with Gasteiger partial charge in [0.25, 0.3) is 0 Å². The van der Waals surface area contributed by atoms with Gasteiger partial charge in [-0.25, -0.2) is 0 Å². The van der Waals surface area contributed by atoms with Crippen LogP contribution in [-0.4, -0.2) is 26.5 Å². The minimum atomic E-state index is -0.833. The van der Waals surface area contributed by atoms with E-state index in [1.54, 1.807) is 6.92 Å². The predicted octanol–water partition coefficient (Wildman–Crippen LogP) is 2.07. The van der Waals surface area contributed by atoms with Gasteiger partial charge in [-0.3, -0.25) is 4.79 Å². The van der Waals surface area contributed by atoms with Gasteiger partial charge in [-0.15, -0.1) is 22.0 Å². The van der Waals surface area contributed by atoms with Crippen LogP contribution >= 0.6 is 11.8 Å². The molecule has 0 aliphatic carbocycles. The molecule has 0 aromatic carbocycles. The summed E-state index contributed by atoms with van der Waals surface area (Å²) < 4.78 is 5.44. The molecule has 6 heteroatoms. The third-order valence-corrected chi connectivity index (χ3v) is 3.03. The van der Waals surface area contributed by atoms with Crippen molar-refractivity contribution in [1.29, 1.82) is 0 Å². The average Bonchev–Trinajstić information content (AvgIpc) is 2.61. The Morgan fingerprint density at radius 1 is 1.50 bits per heavy atom. The van der Waals surface area contributed by atoms with Gasteiger partial charge in [0.05, 0.1) is 11.0 Å². The smallest absolute Gasteiger partial charge is 0.316 e. The number of nitrogens with zero attached hydrogens (tertiary/aromatic N) is 2. The summed E-state index contributed by atoms with van der Waals surface area (Å²) >= 11 is 1.27. The van der Waals surface area contributed by atoms with E-state index in [9.17, 15) is 4.79 Å². The molecule has 0 amide bonds. The Balaban J connectivity index is 2.57. The molecule has 1 N–H and O–H groups in total. The second-order valence-corrected chi connectivity index (χ2v) is 5.87. The molecule has 0 saturated heterocycles. The van der Waals surface area contributed by atoms with Crippen LogP contribution in [-0.2, 0) is 16.0 Å². The van der Waals surface area contributed by atoms with Gasteiger partial charge in [0, 0.05) is 5.41 Å². The lowest BCUT2D eigenvalue weighted by Gasteiger charge is -2.11. The number of hydrogen-bond acceptors (Lipinski definition) is 5. The minimum absolute atomic E-state index is 0.172. The topological polar surface area (TPSA) is 76.2 Å². The molecule has 1 aromatic heterocycles. The highest BCUT2D eigenvalue weighted by molar-refractivity contribution is 7.99. The fourth-order valence-electron chi connectivity index (χ4n) is 0.883. The molecule has 1 atom stereocenters. The monoisotopic (exact) mass is 244 g/mol. The molecular formula is C10H16N2O3S. The molecule has 1 heterocycles. The number of carboxylic acid groups (broad SMARTS) is 1. The lowest BCUT2D eigenvalue weighted by atomic mass is 9.97. The van der Waals surface area contributed by atoms with E-state index in [-0.39, 0.29) is 5.41 Å². The summed E-state index contributed by atoms with van der Waals surface area (Å²) in [6.45, 7) is 7.58. The summed E-state index contributed by atoms with van der Waals surface area (Å²) in [6, 6.07) is 0. The van der Waals surface area contributed by atoms with E-state index in [0.29, 0.717) is 17.5 Å². The number of hydrogen-bond donors (Lipinski definition) is 1. The molecular weight excluding hydrogens is 228 g/mol. The molecule has 1 aromatic rings. The number of carboxylic acids is 1. The standard InChI is InChI=1S/C10H16N2O3S/c1-6(8(13)14)16-5-7-11-12-9(15-7)10(2,3)4/h6H,5H2,1-4H3,(H,13,14). The Morgan fingerprint density at radius 3 is 2.56 bits per heavy atom. The number of aromatic nitrogens is 2. The van der Waals surface area contributed by atoms with Crippen molar-refractivity contribution in [2.24, 2.45) is 0 Å². The molecule has 0 saturated carbocycles. The molecule has 1 rings (SSSR count). The van der Waals surface area contributed by atoms with Crippen LogP contribution in [0.5, 0.6) is 0 Å². The van der Waals surface area contributed by atoms with E-state index in [1.165, 1.54) is 11.8 Å². The Morgan fingerprint density at radius 2 is 2.12 bits per heavy atom. The first kappa shape index (κ1) is 13.0. The first-order chi connectivity index (χ1) is 7.30. The van der Waals surface area contributed by atoms with Crippen molar-refractivity contribution >= 4 is 17.7 Å². The summed E-state index contributed by atoms with van der Waals surface area (Å²) in [7, 11) is 0. The zero-order valence-electron chi connectivity index (χ0n) is 9.85. The van der Waals surface area contributed by atoms with Crippen molar-refractivity contribution in [2.45, 2.75) is 44.1 Å². The van der Waals surface area contributed by atoms with E-state index in [4.69, 9.17) is 9.52 Å². The molecule has 0 fully saturated rings. The Bertz CT molecular complexity index is 370. The summed E-state index contributed by atoms with van der Waals surface area (Å²) in [4.78, 5) is 10.6. The fraction of sp³-hybridized carbons (Fsp3) is 0.700. The maximum Gasteiger partial charge on any atom is 0.316 e. The molecule has 1 unspecified atom stereocenters. The summed E-state index contributed by atoms with van der Waals surface area (Å²) in [6.07, 6.45) is 0. The Hall–Kier alpha value is -1.04. The van der Waals surface area contributed by atoms with E-state index in [0.717, 1.165) is 0 Å². The minimum Gasteiger partial charge on any atom is -0.480 e. The van der Waals surface area contributed by atoms with E-state index < -0.39 is 11.2 Å². The molecule has 0 spiro atoms. The van der Waals surface area contributed by atoms with Crippen molar-refractivity contribution in [3.63, 3.8) is 0 Å². The number of rotatable bonds is 4. The van der Waals surface area contributed by atoms with Gasteiger partial charge in [0.15, 0.2) is 0 Å². The average molecular weight is 244 g/mol. The van der Waals surface area contributed by atoms with Gasteiger partial charge in [-0.1, -0.05) is 20.8 Å². The van der Waals surface area contributed by atoms with Crippen molar-refractivity contribution in [3.05, 3.63) is 11.8 Å². The zero-order valence-corrected chi connectivity index (χ0v) is 10.7. The summed E-state index contributed by atoms with van der Waals surface area (Å²) in [5, 5.41) is 16.1. The van der Waals surface area contributed by atoms with Crippen molar-refractivity contribution < 1.29 is 14.3 Å². The lowest BCUT2D eigenvalue weighted by Crippen LogP contribution is -2.11. The third kappa shape index (κ3) is 3.52. The maximum absolute atomic E-state index is 10.6. The highest BCUT2D eigenvalue weighted by atomic mass is 32.2. The van der Waals surface area contributed by atoms with Gasteiger partial charge >= 0.3 is 5.97 Å². The molecule has 0 aliphatic rings. The predicted molar refractivity (Wildman–Crippen MR) is 61.4 cm³/mol. The second kappa shape index (κ2) is 4.86. The van der Waals surface area contributed by atoms with Gasteiger partial charge in [-0.2, -0.15) is 0 Å². The Kier molecular flexibility index (Phi) is 3.96. The van der Waals surface area contributed by atoms with E-state index >= 15 is 0 Å². The molecule has 5 nitrogen and oxygen atoms in total. The molecule has 0 bridgehead atoms. The van der Waals surface area contributed by atoms with Crippen LogP contribution in [0.15, 0.2) is 4.42 Å². The summed E-state index contributed by atoms with van der Waals surface area (Å²) in [5.74, 6) is 0.644. The van der Waals surface area contributed by atoms with E-state index in [1.807, 2.05) is 20.8 Å². The van der Waals surface area contributed by atoms with Gasteiger partial charge in [0.2, 0.25) is 11.8 Å². The van der Waals surface area contributed by atoms with Crippen LogP contribution in [0, 0.1) is 0 Å². The van der Waals surface area contributed by atoms with Crippen LogP contribution in [0.1, 0.15) is 39.5 Å². The number of thioether (sulfide) groups is 1. The molecule has 90 valence electrons. The quantitative estimate of drug-likeness (QED) is 0.873. The highest BCUT2D eigenvalue weighted by Crippen LogP contribution is 2.23. The lowest BCUT2D eigenvalue weighted by molar-refractivity contribution is -0.136. The molecule has 0 aliphatic heterocycles. The van der Waals surface area contributed by atoms with Crippen LogP contribution in [0.2, 0.25) is 0 Å². The summed E-state index contributed by atoms with van der Waals surface area (Å²) in [5.41, 5.74) is -0.172. The largest absolute Gasteiger partial charge is 0.480 e. The van der Waals surface area contributed by atoms with Crippen molar-refractivity contribution in [1.82, 2.24) is 10.2 Å². The van der Waals surface area contributed by atoms with Crippen molar-refractivity contribution in [2.75, 3.05) is 0 Å². The van der Waals surface area contributed by atoms with Gasteiger partial charge in [0.1, 0.15) is 0 Å². The highest BCUT2D eigenvalue weighted by Gasteiger charge is 2.22. The number of carbonyl (C=O) groups is 1. The molecule has 0 radical (unpaired) electrons. The second-order valence-electron chi connectivity index (χ2n) is 4.54. The first-order valence-corrected chi connectivity index (χ1v) is 6.03. The SMILES string of the molecule is CC(SCc1nnc(C(C)(C)C)o1)C(=O)O. The normalized spacial score (nSPS) is 13.8. The van der Waals surface area contributed by atoms with Crippen LogP contribution in [0.4, 0.5) is 0 Å². The zero-order chi connectivity index (χ0) is 12.3. The van der Waals surface area contributed by atoms with Crippen LogP contribution < -0.4 is 0 Å². The number of aliphatic carboxylic acids is 1. The van der Waals surface area contributed by atoms with Crippen molar-refractivity contribution in [3.8, 4) is 0 Å². The maximum atomic E-state index is 10.6. The van der Waals surface area contributed by atoms with Crippen LogP contribution in [0.3, 0.4) is 0 Å². The van der Waals surface area contributed by atoms with Gasteiger partial charge in [-0.05, 0) is 6.92 Å². The first-order valence-electron chi connectivity index (χ1n) is 4.98. The Labute approximate surface area is 98.6 Å². The fourth-order valence-corrected chi connectivity index (χ4v) is 1.53. The van der Waals surface area contributed by atoms with Gasteiger partial charge < -0.3 is 9.52 Å².